The van der Waals surface area contributed by atoms with Crippen LogP contribution in [0, 0.1) is 11.8 Å². The lowest BCUT2D eigenvalue weighted by molar-refractivity contribution is -0.212. The lowest BCUT2D eigenvalue weighted by Gasteiger charge is -2.59. The van der Waals surface area contributed by atoms with Crippen molar-refractivity contribution in [3.05, 3.63) is 87.6 Å². The van der Waals surface area contributed by atoms with E-state index >= 15 is 0 Å². The fourth-order valence-corrected chi connectivity index (χ4v) is 12.9. The van der Waals surface area contributed by atoms with Crippen molar-refractivity contribution in [3.8, 4) is 0 Å². The molecule has 3 N–H and O–H groups in total. The number of anilines is 1. The lowest BCUT2D eigenvalue weighted by Crippen LogP contribution is -2.78. The molecule has 9 atom stereocenters. The lowest BCUT2D eigenvalue weighted by atomic mass is 9.52. The molecule has 0 amide bonds. The molecule has 1 spiro atoms. The Morgan fingerprint density at radius 2 is 1.91 bits per heavy atom. The summed E-state index contributed by atoms with van der Waals surface area (Å²) in [6.07, 6.45) is 7.01. The Labute approximate surface area is 339 Å². The summed E-state index contributed by atoms with van der Waals surface area (Å²) in [6.45, 7) is 9.92. The van der Waals surface area contributed by atoms with Gasteiger partial charge >= 0.3 is 11.9 Å². The Hall–Kier alpha value is -4.49. The van der Waals surface area contributed by atoms with Crippen molar-refractivity contribution in [2.75, 3.05) is 58.4 Å². The van der Waals surface area contributed by atoms with Crippen LogP contribution in [0.3, 0.4) is 0 Å². The van der Waals surface area contributed by atoms with Crippen molar-refractivity contribution in [1.82, 2.24) is 14.8 Å². The molecule has 1 aliphatic carbocycles. The Kier molecular flexibility index (Phi) is 9.65. The van der Waals surface area contributed by atoms with Gasteiger partial charge in [-0.25, -0.2) is 4.79 Å². The Balaban J connectivity index is 1.35. The molecule has 12 nitrogen and oxygen atoms in total. The van der Waals surface area contributed by atoms with Gasteiger partial charge in [0, 0.05) is 79.8 Å². The van der Waals surface area contributed by atoms with Crippen molar-refractivity contribution in [2.45, 2.75) is 94.1 Å². The van der Waals surface area contributed by atoms with Crippen LogP contribution in [0.25, 0.3) is 10.9 Å². The van der Waals surface area contributed by atoms with Crippen LogP contribution < -0.4 is 4.90 Å². The molecule has 2 aromatic carbocycles. The summed E-state index contributed by atoms with van der Waals surface area (Å²) in [5.41, 5.74) is 4.88. The third-order valence-electron chi connectivity index (χ3n) is 15.0. The monoisotopic (exact) mass is 792 g/mol. The number of nitrogens with zero attached hydrogens (tertiary/aromatic N) is 3. The molecule has 3 aromatic rings. The first-order valence-corrected chi connectivity index (χ1v) is 21.0. The molecule has 6 heterocycles. The number of fused-ring (bicyclic) bond motifs is 6. The number of carbonyl (C=O) groups excluding carboxylic acids is 3. The van der Waals surface area contributed by atoms with E-state index in [9.17, 15) is 24.6 Å². The topological polar surface area (TPSA) is 145 Å². The number of hydrogen-bond acceptors (Lipinski definition) is 11. The molecule has 1 saturated heterocycles. The molecule has 1 saturated carbocycles. The predicted molar refractivity (Wildman–Crippen MR) is 218 cm³/mol. The zero-order valence-electron chi connectivity index (χ0n) is 34.3. The molecule has 58 heavy (non-hydrogen) atoms. The minimum Gasteiger partial charge on any atom is -0.467 e. The number of para-hydroxylation sites is 1. The van der Waals surface area contributed by atoms with Crippen LogP contribution in [0.15, 0.2) is 59.7 Å². The maximum absolute atomic E-state index is 14.3. The smallest absolute Gasteiger partial charge is 0.344 e. The van der Waals surface area contributed by atoms with Crippen LogP contribution in [-0.4, -0.2) is 121 Å². The summed E-state index contributed by atoms with van der Waals surface area (Å²) in [7, 11) is 3.15. The van der Waals surface area contributed by atoms with Crippen molar-refractivity contribution in [2.24, 2.45) is 11.8 Å². The predicted octanol–water partition coefficient (Wildman–Crippen LogP) is 4.28. The number of aliphatic hydroxyl groups is 2. The summed E-state index contributed by atoms with van der Waals surface area (Å²) in [4.78, 5) is 50.4. The molecule has 308 valence electrons. The van der Waals surface area contributed by atoms with Gasteiger partial charge in [0.1, 0.15) is 6.61 Å². The fourth-order valence-electron chi connectivity index (χ4n) is 12.9. The molecule has 1 aromatic heterocycles. The van der Waals surface area contributed by atoms with E-state index in [-0.39, 0.29) is 25.2 Å². The number of aromatic amines is 1. The normalized spacial score (nSPS) is 33.7. The highest BCUT2D eigenvalue weighted by Gasteiger charge is 2.77. The Morgan fingerprint density at radius 1 is 1.10 bits per heavy atom. The average molecular weight is 793 g/mol. The number of hydrogen-bond donors (Lipinski definition) is 3. The summed E-state index contributed by atoms with van der Waals surface area (Å²) in [6, 6.07) is 11.5. The fraction of sp³-hybridized carbons (Fsp3) is 0.543. The Bertz CT molecular complexity index is 2230. The van der Waals surface area contributed by atoms with E-state index in [1.165, 1.54) is 25.2 Å². The van der Waals surface area contributed by atoms with Gasteiger partial charge in [-0.05, 0) is 79.0 Å². The van der Waals surface area contributed by atoms with E-state index < -0.39 is 46.4 Å². The van der Waals surface area contributed by atoms with Gasteiger partial charge < -0.3 is 34.3 Å². The number of ether oxygens (including phenoxy) is 3. The van der Waals surface area contributed by atoms with Crippen LogP contribution in [0.4, 0.5) is 5.69 Å². The molecular formula is C46H56N4O8. The number of aliphatic hydroxyl groups excluding tert-OH is 1. The number of benzene rings is 2. The molecule has 2 bridgehead atoms. The number of nitrogens with one attached hydrogen (secondary N) is 1. The zero-order chi connectivity index (χ0) is 40.7. The number of rotatable bonds is 9. The average Bonchev–Trinajstić information content (AvgIpc) is 3.89. The third-order valence-corrected chi connectivity index (χ3v) is 15.0. The van der Waals surface area contributed by atoms with E-state index in [4.69, 9.17) is 14.2 Å². The summed E-state index contributed by atoms with van der Waals surface area (Å²) in [5.74, 6) is -1.80. The number of esters is 2. The number of aromatic nitrogens is 1. The molecule has 3 unspecified atom stereocenters. The van der Waals surface area contributed by atoms with E-state index in [1.54, 1.807) is 0 Å². The zero-order valence-corrected chi connectivity index (χ0v) is 34.3. The van der Waals surface area contributed by atoms with Crippen LogP contribution in [0.5, 0.6) is 0 Å². The highest BCUT2D eigenvalue weighted by atomic mass is 16.6. The minimum atomic E-state index is -2.25. The first kappa shape index (κ1) is 39.0. The van der Waals surface area contributed by atoms with Crippen molar-refractivity contribution in [1.29, 1.82) is 0 Å². The molecule has 5 aliphatic heterocycles. The highest BCUT2D eigenvalue weighted by molar-refractivity contribution is 5.88. The van der Waals surface area contributed by atoms with Crippen molar-refractivity contribution in [3.63, 3.8) is 0 Å². The van der Waals surface area contributed by atoms with E-state index in [0.717, 1.165) is 71.5 Å². The maximum atomic E-state index is 14.3. The molecule has 2 fully saturated rings. The van der Waals surface area contributed by atoms with E-state index in [0.29, 0.717) is 44.4 Å². The van der Waals surface area contributed by atoms with Gasteiger partial charge in [0.25, 0.3) is 6.47 Å². The van der Waals surface area contributed by atoms with Crippen LogP contribution in [-0.2, 0) is 52.5 Å². The molecule has 9 rings (SSSR count). The highest BCUT2D eigenvalue weighted by Crippen LogP contribution is 2.65. The maximum Gasteiger partial charge on any atom is 0.344 e. The van der Waals surface area contributed by atoms with Gasteiger partial charge in [-0.1, -0.05) is 61.4 Å². The molecule has 6 aliphatic rings. The van der Waals surface area contributed by atoms with Gasteiger partial charge in [0.05, 0.1) is 25.2 Å². The molecular weight excluding hydrogens is 737 g/mol. The third kappa shape index (κ3) is 5.36. The van der Waals surface area contributed by atoms with Crippen LogP contribution >= 0.6 is 0 Å². The second-order valence-corrected chi connectivity index (χ2v) is 17.6. The quantitative estimate of drug-likeness (QED) is 0.124. The van der Waals surface area contributed by atoms with Crippen LogP contribution in [0.2, 0.25) is 0 Å². The van der Waals surface area contributed by atoms with Gasteiger partial charge in [-0.3, -0.25) is 19.4 Å². The van der Waals surface area contributed by atoms with Gasteiger partial charge in [-0.2, -0.15) is 0 Å². The first-order valence-electron chi connectivity index (χ1n) is 21.0. The number of methoxy groups -OCH3 is 1. The van der Waals surface area contributed by atoms with E-state index in [2.05, 4.69) is 65.0 Å². The van der Waals surface area contributed by atoms with Crippen molar-refractivity contribution < 1.29 is 38.8 Å². The second-order valence-electron chi connectivity index (χ2n) is 17.6. The molecule has 0 radical (unpaired) electrons. The SMILES string of the molecule is CCC1=CC2CN(CCc3c([nH]c4ccccc34)[C@@](COC=O)(c3cc4c(cc3CO)N(C)[C@H]3[C@@](O)(C(=O)OC)[C@H](OC(C)=O)C5C(CC)=CCN6CC[C@]43[C@H]56)C2)C1. The number of H-pyrrole nitrogens is 1. The van der Waals surface area contributed by atoms with Gasteiger partial charge in [0.15, 0.2) is 6.10 Å². The number of likely N-dealkylation sites (N-methyl/N-ethyl adjacent to an activating group) is 1. The largest absolute Gasteiger partial charge is 0.467 e. The molecule has 12 heteroatoms. The standard InChI is InChI=1S/C46H56N4O8/c1-6-28-18-29-21-44(25-57-26-52,39-33(13-15-49(22-28)23-29)32-10-8-9-11-36(32)47-39)34-20-35-37(19-31(34)24-51)48(4)42-45(35)14-17-50-16-12-30(7-2)38(40(45)50)41(58-27(3)53)46(42,55)43(54)56-5/h8-12,18-20,26,29,38,40-42,47,51,55H,6-7,13-17,21-25H2,1-5H3/t29?,38?,40-,41+,42+,44-,45+,46+/m0/s1. The summed E-state index contributed by atoms with van der Waals surface area (Å²) < 4.78 is 17.5. The van der Waals surface area contributed by atoms with Gasteiger partial charge in [0.2, 0.25) is 5.60 Å². The minimum absolute atomic E-state index is 0.0434. The van der Waals surface area contributed by atoms with Crippen molar-refractivity contribution >= 4 is 35.0 Å². The first-order chi connectivity index (χ1) is 28.0. The number of carbonyl (C=O) groups is 3. The van der Waals surface area contributed by atoms with Crippen LogP contribution in [0.1, 0.15) is 74.4 Å². The second kappa shape index (κ2) is 14.4. The summed E-state index contributed by atoms with van der Waals surface area (Å²) >= 11 is 0. The van der Waals surface area contributed by atoms with Gasteiger partial charge in [-0.15, -0.1) is 0 Å². The Morgan fingerprint density at radius 3 is 2.64 bits per heavy atom. The summed E-state index contributed by atoms with van der Waals surface area (Å²) in [5, 5.41) is 25.8. The van der Waals surface area contributed by atoms with E-state index in [1.807, 2.05) is 24.1 Å².